The first kappa shape index (κ1) is 12.7. The predicted molar refractivity (Wildman–Crippen MR) is 68.8 cm³/mol. The van der Waals surface area contributed by atoms with Crippen LogP contribution in [-0.4, -0.2) is 31.5 Å². The lowest BCUT2D eigenvalue weighted by Crippen LogP contribution is -2.10. The zero-order chi connectivity index (χ0) is 13.8. The number of nitrogens with one attached hydrogen (secondary N) is 2. The minimum Gasteiger partial charge on any atom is -0.357 e. The molecule has 0 radical (unpaired) electrons. The van der Waals surface area contributed by atoms with Crippen LogP contribution in [0, 0.1) is 10.1 Å². The number of hydrogen-bond donors (Lipinski definition) is 2. The van der Waals surface area contributed by atoms with Gasteiger partial charge in [-0.05, 0) is 0 Å². The van der Waals surface area contributed by atoms with Gasteiger partial charge in [-0.3, -0.25) is 10.1 Å². The quantitative estimate of drug-likeness (QED) is 0.605. The summed E-state index contributed by atoms with van der Waals surface area (Å²) < 4.78 is 1.82. The van der Waals surface area contributed by atoms with Crippen molar-refractivity contribution < 1.29 is 4.92 Å². The molecule has 2 heterocycles. The molecule has 9 nitrogen and oxygen atoms in total. The predicted octanol–water partition coefficient (Wildman–Crippen LogP) is 0.772. The summed E-state index contributed by atoms with van der Waals surface area (Å²) in [5.74, 6) is 1.22. The molecule has 0 saturated heterocycles. The van der Waals surface area contributed by atoms with Crippen LogP contribution in [-0.2, 0) is 13.6 Å². The third-order valence-corrected chi connectivity index (χ3v) is 2.52. The molecule has 19 heavy (non-hydrogen) atoms. The Kier molecular flexibility index (Phi) is 3.55. The molecule has 0 saturated carbocycles. The van der Waals surface area contributed by atoms with Crippen LogP contribution in [0.5, 0.6) is 0 Å². The molecule has 0 unspecified atom stereocenters. The van der Waals surface area contributed by atoms with Gasteiger partial charge in [-0.1, -0.05) is 0 Å². The Bertz CT molecular complexity index is 595. The Morgan fingerprint density at radius 3 is 2.84 bits per heavy atom. The van der Waals surface area contributed by atoms with E-state index in [4.69, 9.17) is 0 Å². The molecule has 0 amide bonds. The highest BCUT2D eigenvalue weighted by atomic mass is 16.6. The fraction of sp³-hybridized carbons (Fsp3) is 0.300. The molecule has 2 aromatic heterocycles. The zero-order valence-electron chi connectivity index (χ0n) is 10.5. The van der Waals surface area contributed by atoms with Gasteiger partial charge in [-0.2, -0.15) is 4.98 Å². The summed E-state index contributed by atoms with van der Waals surface area (Å²) in [6.45, 7) is 0.338. The van der Waals surface area contributed by atoms with Crippen molar-refractivity contribution in [2.24, 2.45) is 7.05 Å². The average Bonchev–Trinajstić information content (AvgIpc) is 2.81. The lowest BCUT2D eigenvalue weighted by molar-refractivity contribution is -0.384. The molecule has 0 spiro atoms. The third kappa shape index (κ3) is 2.76. The normalized spacial score (nSPS) is 10.2. The fourth-order valence-electron chi connectivity index (χ4n) is 1.49. The number of imidazole rings is 1. The van der Waals surface area contributed by atoms with Crippen molar-refractivity contribution in [1.82, 2.24) is 19.5 Å². The molecule has 0 bridgehead atoms. The summed E-state index contributed by atoms with van der Waals surface area (Å²) in [6.07, 6.45) is 4.62. The van der Waals surface area contributed by atoms with Crippen LogP contribution in [0.1, 0.15) is 5.82 Å². The highest BCUT2D eigenvalue weighted by Crippen LogP contribution is 2.22. The summed E-state index contributed by atoms with van der Waals surface area (Å²) in [6, 6.07) is 0. The SMILES string of the molecule is CNc1ncc([N+](=O)[O-])c(NCc2nccn2C)n1. The smallest absolute Gasteiger partial charge is 0.329 e. The van der Waals surface area contributed by atoms with Gasteiger partial charge in [0.05, 0.1) is 11.5 Å². The summed E-state index contributed by atoms with van der Waals surface area (Å²) in [5, 5.41) is 16.5. The van der Waals surface area contributed by atoms with Crippen LogP contribution in [0.25, 0.3) is 0 Å². The Morgan fingerprint density at radius 2 is 2.26 bits per heavy atom. The molecule has 2 N–H and O–H groups in total. The molecule has 0 fully saturated rings. The second-order valence-electron chi connectivity index (χ2n) is 3.74. The summed E-state index contributed by atoms with van der Waals surface area (Å²) in [7, 11) is 3.49. The van der Waals surface area contributed by atoms with Crippen molar-refractivity contribution in [3.63, 3.8) is 0 Å². The Balaban J connectivity index is 2.22. The van der Waals surface area contributed by atoms with Crippen LogP contribution >= 0.6 is 0 Å². The monoisotopic (exact) mass is 263 g/mol. The van der Waals surface area contributed by atoms with Crippen molar-refractivity contribution in [2.45, 2.75) is 6.54 Å². The van der Waals surface area contributed by atoms with E-state index in [-0.39, 0.29) is 11.5 Å². The van der Waals surface area contributed by atoms with E-state index in [1.54, 1.807) is 19.4 Å². The summed E-state index contributed by atoms with van der Waals surface area (Å²) >= 11 is 0. The van der Waals surface area contributed by atoms with Crippen LogP contribution < -0.4 is 10.6 Å². The Morgan fingerprint density at radius 1 is 1.47 bits per heavy atom. The van der Waals surface area contributed by atoms with Gasteiger partial charge in [0, 0.05) is 26.5 Å². The average molecular weight is 263 g/mol. The molecule has 0 aromatic carbocycles. The van der Waals surface area contributed by atoms with E-state index in [0.717, 1.165) is 5.82 Å². The molecule has 100 valence electrons. The first-order valence-corrected chi connectivity index (χ1v) is 5.51. The van der Waals surface area contributed by atoms with E-state index in [9.17, 15) is 10.1 Å². The maximum Gasteiger partial charge on any atom is 0.329 e. The van der Waals surface area contributed by atoms with Gasteiger partial charge in [0.15, 0.2) is 0 Å². The third-order valence-electron chi connectivity index (χ3n) is 2.52. The number of hydrogen-bond acceptors (Lipinski definition) is 7. The number of anilines is 2. The molecular formula is C10H13N7O2. The van der Waals surface area contributed by atoms with Crippen LogP contribution in [0.2, 0.25) is 0 Å². The minimum absolute atomic E-state index is 0.160. The van der Waals surface area contributed by atoms with E-state index >= 15 is 0 Å². The molecule has 9 heteroatoms. The van der Waals surface area contributed by atoms with Gasteiger partial charge in [0.25, 0.3) is 0 Å². The van der Waals surface area contributed by atoms with Gasteiger partial charge < -0.3 is 15.2 Å². The van der Waals surface area contributed by atoms with Crippen molar-refractivity contribution in [3.05, 3.63) is 34.5 Å². The first-order valence-electron chi connectivity index (χ1n) is 5.51. The van der Waals surface area contributed by atoms with E-state index < -0.39 is 4.92 Å². The molecule has 2 aromatic rings. The van der Waals surface area contributed by atoms with Gasteiger partial charge in [0.2, 0.25) is 11.8 Å². The maximum atomic E-state index is 10.9. The lowest BCUT2D eigenvalue weighted by atomic mass is 10.4. The Hall–Kier alpha value is -2.71. The summed E-state index contributed by atoms with van der Waals surface area (Å²) in [5.41, 5.74) is -0.173. The van der Waals surface area contributed by atoms with E-state index in [2.05, 4.69) is 25.6 Å². The van der Waals surface area contributed by atoms with Gasteiger partial charge >= 0.3 is 5.69 Å². The highest BCUT2D eigenvalue weighted by molar-refractivity contribution is 5.56. The van der Waals surface area contributed by atoms with Crippen molar-refractivity contribution >= 4 is 17.5 Å². The molecule has 0 aliphatic heterocycles. The standard InChI is InChI=1S/C10H13N7O2/c1-11-10-14-5-7(17(18)19)9(15-10)13-6-8-12-3-4-16(8)2/h3-5H,6H2,1-2H3,(H2,11,13,14,15). The molecule has 2 rings (SSSR count). The van der Waals surface area contributed by atoms with E-state index in [1.807, 2.05) is 11.6 Å². The zero-order valence-corrected chi connectivity index (χ0v) is 10.5. The van der Waals surface area contributed by atoms with Gasteiger partial charge in [-0.25, -0.2) is 9.97 Å². The highest BCUT2D eigenvalue weighted by Gasteiger charge is 2.17. The molecule has 0 aliphatic carbocycles. The molecule has 0 atom stereocenters. The van der Waals surface area contributed by atoms with Crippen LogP contribution in [0.4, 0.5) is 17.5 Å². The fourth-order valence-corrected chi connectivity index (χ4v) is 1.49. The van der Waals surface area contributed by atoms with Crippen molar-refractivity contribution in [1.29, 1.82) is 0 Å². The molecule has 0 aliphatic rings. The number of nitro groups is 1. The Labute approximate surface area is 108 Å². The number of rotatable bonds is 5. The van der Waals surface area contributed by atoms with E-state index in [0.29, 0.717) is 12.5 Å². The van der Waals surface area contributed by atoms with Crippen LogP contribution in [0.3, 0.4) is 0 Å². The summed E-state index contributed by atoms with van der Waals surface area (Å²) in [4.78, 5) is 22.3. The van der Waals surface area contributed by atoms with E-state index in [1.165, 1.54) is 6.20 Å². The second kappa shape index (κ2) is 5.29. The lowest BCUT2D eigenvalue weighted by Gasteiger charge is -2.07. The maximum absolute atomic E-state index is 10.9. The number of aromatic nitrogens is 4. The van der Waals surface area contributed by atoms with Crippen molar-refractivity contribution in [2.75, 3.05) is 17.7 Å². The molecular weight excluding hydrogens is 250 g/mol. The van der Waals surface area contributed by atoms with Gasteiger partial charge in [0.1, 0.15) is 12.0 Å². The minimum atomic E-state index is -0.528. The topological polar surface area (TPSA) is 111 Å². The van der Waals surface area contributed by atoms with Crippen molar-refractivity contribution in [3.8, 4) is 0 Å². The number of nitrogens with zero attached hydrogens (tertiary/aromatic N) is 5. The van der Waals surface area contributed by atoms with Gasteiger partial charge in [-0.15, -0.1) is 0 Å². The van der Waals surface area contributed by atoms with Crippen LogP contribution in [0.15, 0.2) is 18.6 Å². The first-order chi connectivity index (χ1) is 9.11. The second-order valence-corrected chi connectivity index (χ2v) is 3.74. The number of aryl methyl sites for hydroxylation is 1. The largest absolute Gasteiger partial charge is 0.357 e.